The first kappa shape index (κ1) is 12.0. The molecule has 0 aromatic carbocycles. The highest BCUT2D eigenvalue weighted by Gasteiger charge is 2.14. The van der Waals surface area contributed by atoms with Crippen LogP contribution in [0.2, 0.25) is 0 Å². The lowest BCUT2D eigenvalue weighted by molar-refractivity contribution is 0.393. The monoisotopic (exact) mass is 279 g/mol. The van der Waals surface area contributed by atoms with Crippen molar-refractivity contribution in [3.8, 4) is 11.1 Å². The molecule has 21 heavy (non-hydrogen) atoms. The van der Waals surface area contributed by atoms with E-state index in [-0.39, 0.29) is 0 Å². The lowest BCUT2D eigenvalue weighted by Crippen LogP contribution is -1.86. The summed E-state index contributed by atoms with van der Waals surface area (Å²) >= 11 is 0. The summed E-state index contributed by atoms with van der Waals surface area (Å²) in [6.07, 6.45) is 3.64. The summed E-state index contributed by atoms with van der Waals surface area (Å²) in [7, 11) is 0. The molecule has 0 spiro atoms. The summed E-state index contributed by atoms with van der Waals surface area (Å²) in [5.74, 6) is 1.53. The highest BCUT2D eigenvalue weighted by Crippen LogP contribution is 2.30. The van der Waals surface area contributed by atoms with Gasteiger partial charge in [-0.15, -0.1) is 0 Å². The van der Waals surface area contributed by atoms with Crippen LogP contribution in [-0.4, -0.2) is 25.1 Å². The minimum atomic E-state index is 0.736. The number of fused-ring (bicyclic) bond motifs is 3. The van der Waals surface area contributed by atoms with E-state index in [1.54, 1.807) is 6.20 Å². The van der Waals surface area contributed by atoms with Crippen molar-refractivity contribution in [2.75, 3.05) is 0 Å². The molecule has 0 aliphatic heterocycles. The first-order chi connectivity index (χ1) is 10.1. The Morgan fingerprint density at radius 1 is 1.10 bits per heavy atom. The van der Waals surface area contributed by atoms with Crippen LogP contribution >= 0.6 is 0 Å². The Bertz CT molecular complexity index is 963. The molecule has 4 rings (SSSR count). The fourth-order valence-electron chi connectivity index (χ4n) is 2.67. The zero-order valence-electron chi connectivity index (χ0n) is 11.9. The van der Waals surface area contributed by atoms with E-state index in [4.69, 9.17) is 4.52 Å². The molecule has 0 aliphatic carbocycles. The number of hydrogen-bond donors (Lipinski definition) is 1. The van der Waals surface area contributed by atoms with Gasteiger partial charge in [-0.1, -0.05) is 5.16 Å². The van der Waals surface area contributed by atoms with E-state index in [9.17, 15) is 0 Å². The van der Waals surface area contributed by atoms with E-state index in [2.05, 4.69) is 25.1 Å². The lowest BCUT2D eigenvalue weighted by Gasteiger charge is -1.99. The van der Waals surface area contributed by atoms with Gasteiger partial charge in [-0.25, -0.2) is 9.97 Å². The van der Waals surface area contributed by atoms with Crippen LogP contribution in [0.1, 0.15) is 17.3 Å². The largest absolute Gasteiger partial charge is 0.361 e. The van der Waals surface area contributed by atoms with Gasteiger partial charge in [-0.05, 0) is 26.8 Å². The van der Waals surface area contributed by atoms with Gasteiger partial charge in [0.25, 0.3) is 0 Å². The van der Waals surface area contributed by atoms with E-state index in [0.29, 0.717) is 0 Å². The highest BCUT2D eigenvalue weighted by molar-refractivity contribution is 6.03. The van der Waals surface area contributed by atoms with Gasteiger partial charge in [0.1, 0.15) is 17.2 Å². The Labute approximate surface area is 120 Å². The summed E-state index contributed by atoms with van der Waals surface area (Å²) in [5, 5.41) is 4.92. The third kappa shape index (κ3) is 1.72. The molecule has 4 heterocycles. The second-order valence-corrected chi connectivity index (χ2v) is 5.12. The van der Waals surface area contributed by atoms with E-state index >= 15 is 0 Å². The van der Waals surface area contributed by atoms with E-state index in [1.165, 1.54) is 0 Å². The molecule has 0 unspecified atom stereocenters. The van der Waals surface area contributed by atoms with Crippen molar-refractivity contribution in [3.05, 3.63) is 35.7 Å². The second kappa shape index (κ2) is 4.12. The number of aryl methyl sites for hydroxylation is 3. The molecule has 0 radical (unpaired) electrons. The Hall–Kier alpha value is -2.76. The summed E-state index contributed by atoms with van der Waals surface area (Å²) in [4.78, 5) is 16.5. The summed E-state index contributed by atoms with van der Waals surface area (Å²) in [5.41, 5.74) is 5.45. The van der Waals surface area contributed by atoms with Crippen LogP contribution < -0.4 is 0 Å². The number of pyridine rings is 1. The maximum Gasteiger partial charge on any atom is 0.143 e. The van der Waals surface area contributed by atoms with Crippen molar-refractivity contribution in [1.82, 2.24) is 25.1 Å². The van der Waals surface area contributed by atoms with Crippen LogP contribution in [0.15, 0.2) is 23.0 Å². The summed E-state index contributed by atoms with van der Waals surface area (Å²) in [6.45, 7) is 5.70. The number of nitrogens with one attached hydrogen (secondary N) is 1. The topological polar surface area (TPSA) is 80.5 Å². The lowest BCUT2D eigenvalue weighted by atomic mass is 10.1. The van der Waals surface area contributed by atoms with Gasteiger partial charge in [0, 0.05) is 23.5 Å². The van der Waals surface area contributed by atoms with Crippen LogP contribution in [-0.2, 0) is 0 Å². The second-order valence-electron chi connectivity index (χ2n) is 5.12. The third-order valence-corrected chi connectivity index (χ3v) is 3.63. The minimum Gasteiger partial charge on any atom is -0.361 e. The van der Waals surface area contributed by atoms with Crippen LogP contribution in [0.4, 0.5) is 0 Å². The van der Waals surface area contributed by atoms with Crippen LogP contribution in [0.5, 0.6) is 0 Å². The predicted molar refractivity (Wildman–Crippen MR) is 78.9 cm³/mol. The molecule has 0 amide bonds. The highest BCUT2D eigenvalue weighted by atomic mass is 16.5. The van der Waals surface area contributed by atoms with Gasteiger partial charge in [-0.2, -0.15) is 0 Å². The number of aromatic nitrogens is 5. The molecule has 104 valence electrons. The molecule has 0 saturated heterocycles. The molecular formula is C15H13N5O. The van der Waals surface area contributed by atoms with Gasteiger partial charge in [0.15, 0.2) is 0 Å². The normalized spacial score (nSPS) is 11.6. The standard InChI is InChI=1S/C15H13N5O/c1-7-13(8(2)21-20-7)10-4-12-14(17-5-10)11-6-16-9(3)18-15(11)19-12/h4-6H,1-3H3,(H,16,18,19). The molecule has 6 heteroatoms. The molecule has 0 aliphatic rings. The fourth-order valence-corrected chi connectivity index (χ4v) is 2.67. The van der Waals surface area contributed by atoms with Crippen molar-refractivity contribution in [3.63, 3.8) is 0 Å². The molecule has 4 aromatic rings. The Balaban J connectivity index is 2.00. The molecule has 4 aromatic heterocycles. The van der Waals surface area contributed by atoms with Gasteiger partial charge < -0.3 is 9.51 Å². The zero-order chi connectivity index (χ0) is 14.6. The maximum absolute atomic E-state index is 5.23. The summed E-state index contributed by atoms with van der Waals surface area (Å²) < 4.78 is 5.23. The average Bonchev–Trinajstić information content (AvgIpc) is 2.97. The smallest absolute Gasteiger partial charge is 0.143 e. The van der Waals surface area contributed by atoms with E-state index < -0.39 is 0 Å². The van der Waals surface area contributed by atoms with E-state index in [1.807, 2.05) is 33.0 Å². The number of nitrogens with zero attached hydrogens (tertiary/aromatic N) is 4. The third-order valence-electron chi connectivity index (χ3n) is 3.63. The Morgan fingerprint density at radius 2 is 1.95 bits per heavy atom. The first-order valence-corrected chi connectivity index (χ1v) is 6.68. The molecule has 0 fully saturated rings. The van der Waals surface area contributed by atoms with Gasteiger partial charge in [0.05, 0.1) is 22.1 Å². The first-order valence-electron chi connectivity index (χ1n) is 6.68. The van der Waals surface area contributed by atoms with Crippen molar-refractivity contribution in [2.45, 2.75) is 20.8 Å². The van der Waals surface area contributed by atoms with Gasteiger partial charge in [0.2, 0.25) is 0 Å². The fraction of sp³-hybridized carbons (Fsp3) is 0.200. The van der Waals surface area contributed by atoms with E-state index in [0.717, 1.165) is 50.5 Å². The molecule has 1 N–H and O–H groups in total. The van der Waals surface area contributed by atoms with Crippen LogP contribution in [0.3, 0.4) is 0 Å². The number of H-pyrrole nitrogens is 1. The van der Waals surface area contributed by atoms with Crippen molar-refractivity contribution >= 4 is 22.1 Å². The zero-order valence-corrected chi connectivity index (χ0v) is 11.9. The van der Waals surface area contributed by atoms with Gasteiger partial charge in [-0.3, -0.25) is 4.98 Å². The quantitative estimate of drug-likeness (QED) is 0.579. The number of rotatable bonds is 1. The Kier molecular flexibility index (Phi) is 2.35. The van der Waals surface area contributed by atoms with Crippen LogP contribution in [0, 0.1) is 20.8 Å². The number of hydrogen-bond acceptors (Lipinski definition) is 5. The van der Waals surface area contributed by atoms with Crippen molar-refractivity contribution in [1.29, 1.82) is 0 Å². The molecule has 6 nitrogen and oxygen atoms in total. The van der Waals surface area contributed by atoms with Crippen LogP contribution in [0.25, 0.3) is 33.2 Å². The minimum absolute atomic E-state index is 0.736. The molecule has 0 atom stereocenters. The molecule has 0 bridgehead atoms. The Morgan fingerprint density at radius 3 is 2.71 bits per heavy atom. The SMILES string of the molecule is Cc1ncc2c(n1)[nH]c1cc(-c3c(C)noc3C)cnc12. The summed E-state index contributed by atoms with van der Waals surface area (Å²) in [6, 6.07) is 2.05. The average molecular weight is 279 g/mol. The molecule has 0 saturated carbocycles. The molecular weight excluding hydrogens is 266 g/mol. The van der Waals surface area contributed by atoms with Crippen molar-refractivity contribution < 1.29 is 4.52 Å². The number of aromatic amines is 1. The maximum atomic E-state index is 5.23. The predicted octanol–water partition coefficient (Wildman–Crippen LogP) is 3.09. The van der Waals surface area contributed by atoms with Gasteiger partial charge >= 0.3 is 0 Å². The van der Waals surface area contributed by atoms with Crippen molar-refractivity contribution in [2.24, 2.45) is 0 Å².